The second-order valence-corrected chi connectivity index (χ2v) is 10.3. The summed E-state index contributed by atoms with van der Waals surface area (Å²) >= 11 is 0. The van der Waals surface area contributed by atoms with Crippen molar-refractivity contribution < 1.29 is 19.4 Å². The van der Waals surface area contributed by atoms with E-state index in [9.17, 15) is 9.90 Å². The number of carbonyl (C=O) groups is 1. The van der Waals surface area contributed by atoms with Crippen molar-refractivity contribution in [2.75, 3.05) is 7.11 Å². The quantitative estimate of drug-likeness (QED) is 0.226. The zero-order chi connectivity index (χ0) is 28.5. The predicted octanol–water partition coefficient (Wildman–Crippen LogP) is 6.73. The van der Waals surface area contributed by atoms with Gasteiger partial charge in [0.2, 0.25) is 0 Å². The number of H-pyrrole nitrogens is 1. The Bertz CT molecular complexity index is 1710. The highest BCUT2D eigenvalue weighted by Crippen LogP contribution is 2.47. The summed E-state index contributed by atoms with van der Waals surface area (Å²) in [5.74, 6) is 1.18. The SMILES string of the molecule is COc1cc(C2c3c(-c4cc(C)cc(C)c4O)n[nH]c3C(=O)N2Cc2ccccc2)ccc1OCc1ccccc1. The van der Waals surface area contributed by atoms with Crippen LogP contribution in [0.25, 0.3) is 11.3 Å². The van der Waals surface area contributed by atoms with Crippen LogP contribution in [0, 0.1) is 13.8 Å². The monoisotopic (exact) mass is 545 g/mol. The zero-order valence-corrected chi connectivity index (χ0v) is 23.2. The molecule has 2 N–H and O–H groups in total. The van der Waals surface area contributed by atoms with Crippen LogP contribution in [0.15, 0.2) is 91.0 Å². The minimum absolute atomic E-state index is 0.153. The van der Waals surface area contributed by atoms with Gasteiger partial charge in [0.1, 0.15) is 23.7 Å². The van der Waals surface area contributed by atoms with Crippen molar-refractivity contribution in [1.82, 2.24) is 15.1 Å². The fraction of sp³-hybridized carbons (Fsp3) is 0.176. The second-order valence-electron chi connectivity index (χ2n) is 10.3. The number of methoxy groups -OCH3 is 1. The highest BCUT2D eigenvalue weighted by Gasteiger charge is 2.43. The number of hydrogen-bond donors (Lipinski definition) is 2. The number of aryl methyl sites for hydroxylation is 2. The molecule has 7 heteroatoms. The lowest BCUT2D eigenvalue weighted by Gasteiger charge is -2.27. The molecular weight excluding hydrogens is 514 g/mol. The number of fused-ring (bicyclic) bond motifs is 1. The Morgan fingerprint density at radius 2 is 1.61 bits per heavy atom. The molecule has 5 aromatic rings. The van der Waals surface area contributed by atoms with E-state index >= 15 is 0 Å². The third-order valence-electron chi connectivity index (χ3n) is 7.50. The van der Waals surface area contributed by atoms with Gasteiger partial charge in [0.05, 0.1) is 13.2 Å². The topological polar surface area (TPSA) is 87.7 Å². The number of aromatic hydroxyl groups is 1. The van der Waals surface area contributed by atoms with Crippen molar-refractivity contribution in [3.05, 3.63) is 130 Å². The van der Waals surface area contributed by atoms with Crippen molar-refractivity contribution in [3.8, 4) is 28.5 Å². The second kappa shape index (κ2) is 10.8. The molecule has 1 atom stereocenters. The Kier molecular flexibility index (Phi) is 6.93. The first-order chi connectivity index (χ1) is 19.9. The molecule has 0 fully saturated rings. The number of phenols is 1. The smallest absolute Gasteiger partial charge is 0.273 e. The molecular formula is C34H31N3O4. The van der Waals surface area contributed by atoms with Crippen molar-refractivity contribution in [2.45, 2.75) is 33.0 Å². The Balaban J connectivity index is 1.45. The van der Waals surface area contributed by atoms with Crippen LogP contribution in [0.1, 0.15) is 49.9 Å². The molecule has 0 saturated heterocycles. The lowest BCUT2D eigenvalue weighted by molar-refractivity contribution is 0.0730. The summed E-state index contributed by atoms with van der Waals surface area (Å²) in [5, 5.41) is 18.6. The number of hydrogen-bond acceptors (Lipinski definition) is 5. The van der Waals surface area contributed by atoms with Gasteiger partial charge in [-0.25, -0.2) is 0 Å². The maximum absolute atomic E-state index is 13.9. The predicted molar refractivity (Wildman–Crippen MR) is 157 cm³/mol. The van der Waals surface area contributed by atoms with E-state index in [2.05, 4.69) is 10.2 Å². The highest BCUT2D eigenvalue weighted by atomic mass is 16.5. The van der Waals surface area contributed by atoms with Gasteiger partial charge in [-0.05, 0) is 59.9 Å². The summed E-state index contributed by atoms with van der Waals surface area (Å²) in [6.45, 7) is 4.65. The number of nitrogens with zero attached hydrogens (tertiary/aromatic N) is 2. The van der Waals surface area contributed by atoms with Crippen molar-refractivity contribution in [1.29, 1.82) is 0 Å². The number of nitrogens with one attached hydrogen (secondary N) is 1. The molecule has 2 heterocycles. The van der Waals surface area contributed by atoms with Gasteiger partial charge < -0.3 is 19.5 Å². The molecule has 206 valence electrons. The summed E-state index contributed by atoms with van der Waals surface area (Å²) in [4.78, 5) is 15.7. The number of ether oxygens (including phenoxy) is 2. The van der Waals surface area contributed by atoms with Crippen LogP contribution in [0.3, 0.4) is 0 Å². The van der Waals surface area contributed by atoms with E-state index in [0.717, 1.165) is 33.4 Å². The number of carbonyl (C=O) groups excluding carboxylic acids is 1. The van der Waals surface area contributed by atoms with E-state index in [1.165, 1.54) is 0 Å². The molecule has 6 rings (SSSR count). The number of benzene rings is 4. The summed E-state index contributed by atoms with van der Waals surface area (Å²) < 4.78 is 11.9. The third-order valence-corrected chi connectivity index (χ3v) is 7.50. The summed E-state index contributed by atoms with van der Waals surface area (Å²) in [5.41, 5.74) is 6.95. The fourth-order valence-electron chi connectivity index (χ4n) is 5.54. The van der Waals surface area contributed by atoms with Crippen LogP contribution in [-0.4, -0.2) is 33.2 Å². The molecule has 0 aliphatic carbocycles. The highest BCUT2D eigenvalue weighted by molar-refractivity contribution is 6.00. The molecule has 0 saturated carbocycles. The summed E-state index contributed by atoms with van der Waals surface area (Å²) in [6.07, 6.45) is 0. The molecule has 1 aliphatic heterocycles. The number of aromatic nitrogens is 2. The van der Waals surface area contributed by atoms with Gasteiger partial charge in [0.15, 0.2) is 11.5 Å². The molecule has 41 heavy (non-hydrogen) atoms. The molecule has 0 spiro atoms. The largest absolute Gasteiger partial charge is 0.507 e. The number of aromatic amines is 1. The van der Waals surface area contributed by atoms with Gasteiger partial charge in [-0.1, -0.05) is 72.8 Å². The van der Waals surface area contributed by atoms with E-state index in [1.807, 2.05) is 110 Å². The van der Waals surface area contributed by atoms with Crippen molar-refractivity contribution >= 4 is 5.91 Å². The van der Waals surface area contributed by atoms with Gasteiger partial charge in [0, 0.05) is 17.7 Å². The molecule has 4 aromatic carbocycles. The molecule has 1 amide bonds. The Morgan fingerprint density at radius 3 is 2.32 bits per heavy atom. The number of rotatable bonds is 8. The lowest BCUT2D eigenvalue weighted by Crippen LogP contribution is -2.29. The minimum atomic E-state index is -0.469. The molecule has 0 radical (unpaired) electrons. The van der Waals surface area contributed by atoms with E-state index in [0.29, 0.717) is 41.6 Å². The van der Waals surface area contributed by atoms with Gasteiger partial charge >= 0.3 is 0 Å². The number of amides is 1. The van der Waals surface area contributed by atoms with Crippen LogP contribution in [0.2, 0.25) is 0 Å². The Labute approximate surface area is 239 Å². The Morgan fingerprint density at radius 1 is 0.902 bits per heavy atom. The first kappa shape index (κ1) is 26.2. The average molecular weight is 546 g/mol. The van der Waals surface area contributed by atoms with Gasteiger partial charge in [-0.2, -0.15) is 5.10 Å². The maximum atomic E-state index is 13.9. The molecule has 1 unspecified atom stereocenters. The summed E-state index contributed by atoms with van der Waals surface area (Å²) in [6, 6.07) is 29.0. The summed E-state index contributed by atoms with van der Waals surface area (Å²) in [7, 11) is 1.61. The van der Waals surface area contributed by atoms with Crippen LogP contribution in [-0.2, 0) is 13.2 Å². The molecule has 0 bridgehead atoms. The molecule has 1 aromatic heterocycles. The molecule has 1 aliphatic rings. The van der Waals surface area contributed by atoms with E-state index in [-0.39, 0.29) is 11.7 Å². The third kappa shape index (κ3) is 4.91. The van der Waals surface area contributed by atoms with Gasteiger partial charge in [-0.15, -0.1) is 0 Å². The van der Waals surface area contributed by atoms with Crippen molar-refractivity contribution in [2.24, 2.45) is 0 Å². The molecule has 7 nitrogen and oxygen atoms in total. The minimum Gasteiger partial charge on any atom is -0.507 e. The van der Waals surface area contributed by atoms with E-state index in [1.54, 1.807) is 7.11 Å². The van der Waals surface area contributed by atoms with Gasteiger partial charge in [-0.3, -0.25) is 9.89 Å². The first-order valence-electron chi connectivity index (χ1n) is 13.5. The van der Waals surface area contributed by atoms with Crippen LogP contribution in [0.5, 0.6) is 17.2 Å². The standard InChI is InChI=1S/C34H31N3O4/c1-21-16-22(2)33(38)26(17-21)30-29-31(36-35-30)34(39)37(19-23-10-6-4-7-11-23)32(29)25-14-15-27(28(18-25)40-3)41-20-24-12-8-5-9-13-24/h4-18,32,38H,19-20H2,1-3H3,(H,35,36). The van der Waals surface area contributed by atoms with Crippen molar-refractivity contribution in [3.63, 3.8) is 0 Å². The zero-order valence-electron chi connectivity index (χ0n) is 23.2. The fourth-order valence-corrected chi connectivity index (χ4v) is 5.54. The average Bonchev–Trinajstić information content (AvgIpc) is 3.53. The van der Waals surface area contributed by atoms with E-state index < -0.39 is 6.04 Å². The Hall–Kier alpha value is -5.04. The lowest BCUT2D eigenvalue weighted by atomic mass is 9.93. The van der Waals surface area contributed by atoms with Crippen LogP contribution < -0.4 is 9.47 Å². The van der Waals surface area contributed by atoms with Crippen LogP contribution in [0.4, 0.5) is 0 Å². The number of phenolic OH excluding ortho intramolecular Hbond substituents is 1. The first-order valence-corrected chi connectivity index (χ1v) is 13.5. The maximum Gasteiger partial charge on any atom is 0.273 e. The normalized spacial score (nSPS) is 14.3. The van der Waals surface area contributed by atoms with E-state index in [4.69, 9.17) is 9.47 Å². The van der Waals surface area contributed by atoms with Crippen LogP contribution >= 0.6 is 0 Å². The van der Waals surface area contributed by atoms with Gasteiger partial charge in [0.25, 0.3) is 5.91 Å².